The molecule has 0 bridgehead atoms. The maximum atomic E-state index is 13.5. The summed E-state index contributed by atoms with van der Waals surface area (Å²) in [6, 6.07) is 18.6. The summed E-state index contributed by atoms with van der Waals surface area (Å²) >= 11 is 0. The van der Waals surface area contributed by atoms with Gasteiger partial charge in [-0.25, -0.2) is 4.39 Å². The number of benzene rings is 3. The van der Waals surface area contributed by atoms with E-state index in [0.29, 0.717) is 24.3 Å². The molecule has 1 fully saturated rings. The molecule has 0 aromatic heterocycles. The van der Waals surface area contributed by atoms with Gasteiger partial charge < -0.3 is 19.8 Å². The van der Waals surface area contributed by atoms with Gasteiger partial charge in [-0.2, -0.15) is 0 Å². The molecule has 1 saturated heterocycles. The van der Waals surface area contributed by atoms with Gasteiger partial charge in [-0.05, 0) is 53.4 Å². The van der Waals surface area contributed by atoms with Crippen LogP contribution in [0.25, 0.3) is 10.8 Å². The van der Waals surface area contributed by atoms with Crippen molar-refractivity contribution in [1.82, 2.24) is 4.90 Å². The van der Waals surface area contributed by atoms with Crippen LogP contribution in [0.4, 0.5) is 4.39 Å². The Kier molecular flexibility index (Phi) is 4.97. The minimum atomic E-state index is -0.709. The van der Waals surface area contributed by atoms with Crippen molar-refractivity contribution in [3.8, 4) is 5.75 Å². The number of aliphatic hydroxyl groups is 2. The molecule has 5 heteroatoms. The predicted molar refractivity (Wildman–Crippen MR) is 114 cm³/mol. The SMILES string of the molecule is OC(CN1CCC2(CC1)CC(O)c1cc(F)ccc1O2)c1ccc2ccccc2c1. The van der Waals surface area contributed by atoms with Crippen molar-refractivity contribution < 1.29 is 19.3 Å². The van der Waals surface area contributed by atoms with Gasteiger partial charge >= 0.3 is 0 Å². The van der Waals surface area contributed by atoms with Crippen LogP contribution in [0, 0.1) is 5.82 Å². The largest absolute Gasteiger partial charge is 0.487 e. The summed E-state index contributed by atoms with van der Waals surface area (Å²) in [6.07, 6.45) is 0.755. The van der Waals surface area contributed by atoms with E-state index in [1.54, 1.807) is 6.07 Å². The van der Waals surface area contributed by atoms with Crippen LogP contribution in [0.3, 0.4) is 0 Å². The first-order valence-corrected chi connectivity index (χ1v) is 10.6. The second-order valence-electron chi connectivity index (χ2n) is 8.61. The lowest BCUT2D eigenvalue weighted by Gasteiger charge is -2.46. The maximum Gasteiger partial charge on any atom is 0.126 e. The Morgan fingerprint density at radius 1 is 1.03 bits per heavy atom. The second kappa shape index (κ2) is 7.65. The Labute approximate surface area is 175 Å². The van der Waals surface area contributed by atoms with E-state index >= 15 is 0 Å². The first kappa shape index (κ1) is 19.5. The molecule has 2 aliphatic rings. The molecule has 3 aromatic rings. The van der Waals surface area contributed by atoms with Gasteiger partial charge in [-0.15, -0.1) is 0 Å². The molecule has 30 heavy (non-hydrogen) atoms. The monoisotopic (exact) mass is 407 g/mol. The summed E-state index contributed by atoms with van der Waals surface area (Å²) < 4.78 is 19.8. The Morgan fingerprint density at radius 2 is 1.80 bits per heavy atom. The molecule has 0 saturated carbocycles. The van der Waals surface area contributed by atoms with Gasteiger partial charge in [0.1, 0.15) is 17.2 Å². The number of halogens is 1. The van der Waals surface area contributed by atoms with E-state index in [-0.39, 0.29) is 5.82 Å². The second-order valence-corrected chi connectivity index (χ2v) is 8.61. The van der Waals surface area contributed by atoms with Gasteiger partial charge in [0.05, 0.1) is 12.2 Å². The standard InChI is InChI=1S/C25H26FNO3/c26-20-7-8-24-21(14-20)22(28)15-25(30-24)9-11-27(12-10-25)16-23(29)19-6-5-17-3-1-2-4-18(17)13-19/h1-8,13-14,22-23,28-29H,9-12,15-16H2. The van der Waals surface area contributed by atoms with Crippen LogP contribution in [-0.4, -0.2) is 40.3 Å². The third-order valence-electron chi connectivity index (χ3n) is 6.58. The van der Waals surface area contributed by atoms with Crippen LogP contribution in [0.1, 0.15) is 42.6 Å². The van der Waals surface area contributed by atoms with Gasteiger partial charge in [0.2, 0.25) is 0 Å². The lowest BCUT2D eigenvalue weighted by atomic mass is 9.81. The van der Waals surface area contributed by atoms with E-state index in [9.17, 15) is 14.6 Å². The molecule has 3 aromatic carbocycles. The van der Waals surface area contributed by atoms with Crippen LogP contribution in [0.15, 0.2) is 60.7 Å². The van der Waals surface area contributed by atoms with Crippen LogP contribution in [-0.2, 0) is 0 Å². The highest BCUT2D eigenvalue weighted by Crippen LogP contribution is 2.44. The van der Waals surface area contributed by atoms with Crippen LogP contribution >= 0.6 is 0 Å². The molecule has 0 amide bonds. The lowest BCUT2D eigenvalue weighted by molar-refractivity contribution is -0.0589. The molecular formula is C25H26FNO3. The van der Waals surface area contributed by atoms with Gasteiger partial charge in [0, 0.05) is 31.6 Å². The van der Waals surface area contributed by atoms with Crippen molar-refractivity contribution in [2.24, 2.45) is 0 Å². The van der Waals surface area contributed by atoms with Crippen molar-refractivity contribution in [2.75, 3.05) is 19.6 Å². The summed E-state index contributed by atoms with van der Waals surface area (Å²) in [7, 11) is 0. The molecule has 1 spiro atoms. The highest BCUT2D eigenvalue weighted by atomic mass is 19.1. The normalized spacial score (nSPS) is 21.9. The van der Waals surface area contributed by atoms with E-state index in [1.807, 2.05) is 18.2 Å². The van der Waals surface area contributed by atoms with Gasteiger partial charge in [-0.1, -0.05) is 36.4 Å². The molecule has 2 aliphatic heterocycles. The van der Waals surface area contributed by atoms with Crippen LogP contribution < -0.4 is 4.74 Å². The highest BCUT2D eigenvalue weighted by molar-refractivity contribution is 5.83. The molecule has 2 heterocycles. The molecule has 0 radical (unpaired) electrons. The van der Waals surface area contributed by atoms with Crippen LogP contribution in [0.5, 0.6) is 5.75 Å². The third kappa shape index (κ3) is 3.69. The number of hydrogen-bond acceptors (Lipinski definition) is 4. The summed E-state index contributed by atoms with van der Waals surface area (Å²) in [6.45, 7) is 2.14. The van der Waals surface area contributed by atoms with Crippen molar-refractivity contribution in [1.29, 1.82) is 0 Å². The summed E-state index contributed by atoms with van der Waals surface area (Å²) in [4.78, 5) is 2.25. The molecule has 5 rings (SSSR count). The van der Waals surface area contributed by atoms with Gasteiger partial charge in [-0.3, -0.25) is 0 Å². The van der Waals surface area contributed by atoms with E-state index in [2.05, 4.69) is 29.2 Å². The van der Waals surface area contributed by atoms with Gasteiger partial charge in [0.15, 0.2) is 0 Å². The van der Waals surface area contributed by atoms with E-state index in [4.69, 9.17) is 4.74 Å². The fourth-order valence-corrected chi connectivity index (χ4v) is 4.82. The van der Waals surface area contributed by atoms with Crippen molar-refractivity contribution >= 4 is 10.8 Å². The maximum absolute atomic E-state index is 13.5. The Balaban J connectivity index is 1.24. The Bertz CT molecular complexity index is 1060. The summed E-state index contributed by atoms with van der Waals surface area (Å²) in [5.41, 5.74) is 1.04. The first-order chi connectivity index (χ1) is 14.5. The summed E-state index contributed by atoms with van der Waals surface area (Å²) in [5, 5.41) is 23.6. The third-order valence-corrected chi connectivity index (χ3v) is 6.58. The number of aliphatic hydroxyl groups excluding tert-OH is 2. The fourth-order valence-electron chi connectivity index (χ4n) is 4.82. The summed E-state index contributed by atoms with van der Waals surface area (Å²) in [5.74, 6) is 0.227. The average molecular weight is 407 g/mol. The zero-order chi connectivity index (χ0) is 20.7. The van der Waals surface area contributed by atoms with Crippen molar-refractivity contribution in [2.45, 2.75) is 37.1 Å². The molecule has 0 aliphatic carbocycles. The smallest absolute Gasteiger partial charge is 0.126 e. The number of ether oxygens (including phenoxy) is 1. The molecule has 2 N–H and O–H groups in total. The zero-order valence-corrected chi connectivity index (χ0v) is 16.8. The molecule has 2 unspecified atom stereocenters. The topological polar surface area (TPSA) is 52.9 Å². The highest BCUT2D eigenvalue weighted by Gasteiger charge is 2.43. The van der Waals surface area contributed by atoms with Gasteiger partial charge in [0.25, 0.3) is 0 Å². The fraction of sp³-hybridized carbons (Fsp3) is 0.360. The van der Waals surface area contributed by atoms with Crippen LogP contribution in [0.2, 0.25) is 0 Å². The molecule has 4 nitrogen and oxygen atoms in total. The number of likely N-dealkylation sites (tertiary alicyclic amines) is 1. The minimum Gasteiger partial charge on any atom is -0.487 e. The number of fused-ring (bicyclic) bond motifs is 2. The number of piperidine rings is 1. The molecule has 2 atom stereocenters. The molecular weight excluding hydrogens is 381 g/mol. The average Bonchev–Trinajstić information content (AvgIpc) is 2.76. The Morgan fingerprint density at radius 3 is 2.60 bits per heavy atom. The number of β-amino-alcohol motifs (C(OH)–C–C–N with tert-alkyl or cyclic N) is 1. The lowest BCUT2D eigenvalue weighted by Crippen LogP contribution is -2.51. The van der Waals surface area contributed by atoms with Crippen molar-refractivity contribution in [3.63, 3.8) is 0 Å². The van der Waals surface area contributed by atoms with E-state index in [0.717, 1.165) is 36.9 Å². The van der Waals surface area contributed by atoms with E-state index in [1.165, 1.54) is 17.5 Å². The predicted octanol–water partition coefficient (Wildman–Crippen LogP) is 4.36. The Hall–Kier alpha value is -2.47. The minimum absolute atomic E-state index is 0.357. The van der Waals surface area contributed by atoms with E-state index < -0.39 is 17.8 Å². The number of rotatable bonds is 3. The molecule has 156 valence electrons. The number of nitrogens with zero attached hydrogens (tertiary/aromatic N) is 1. The quantitative estimate of drug-likeness (QED) is 0.677. The number of hydrogen-bond donors (Lipinski definition) is 2. The van der Waals surface area contributed by atoms with Crippen molar-refractivity contribution in [3.05, 3.63) is 77.6 Å². The zero-order valence-electron chi connectivity index (χ0n) is 16.8. The first-order valence-electron chi connectivity index (χ1n) is 10.6.